The van der Waals surface area contributed by atoms with Crippen LogP contribution in [0.25, 0.3) is 0 Å². The number of carbonyl (C=O) groups excluding carboxylic acids is 1. The summed E-state index contributed by atoms with van der Waals surface area (Å²) in [6.45, 7) is 0.0465. The molecule has 0 radical (unpaired) electrons. The molecule has 0 amide bonds. The van der Waals surface area contributed by atoms with Crippen LogP contribution < -0.4 is 4.72 Å². The van der Waals surface area contributed by atoms with E-state index < -0.39 is 28.3 Å². The number of nitrogens with one attached hydrogen (secondary N) is 1. The van der Waals surface area contributed by atoms with Gasteiger partial charge in [-0.15, -0.1) is 0 Å². The van der Waals surface area contributed by atoms with Crippen LogP contribution in [0.4, 0.5) is 0 Å². The van der Waals surface area contributed by atoms with Crippen LogP contribution in [0.15, 0.2) is 0 Å². The lowest BCUT2D eigenvalue weighted by atomic mass is 10.1. The van der Waals surface area contributed by atoms with E-state index in [1.54, 1.807) is 0 Å². The molecule has 2 N–H and O–H groups in total. The Morgan fingerprint density at radius 1 is 1.35 bits per heavy atom. The zero-order valence-corrected chi connectivity index (χ0v) is 12.9. The first kappa shape index (κ1) is 17.4. The predicted molar refractivity (Wildman–Crippen MR) is 74.2 cm³/mol. The van der Waals surface area contributed by atoms with Crippen molar-refractivity contribution in [2.75, 3.05) is 20.7 Å². The molecule has 1 aliphatic rings. The number of aliphatic hydroxyl groups is 1. The van der Waals surface area contributed by atoms with Crippen molar-refractivity contribution in [1.82, 2.24) is 9.03 Å². The Bertz CT molecular complexity index is 412. The second-order valence-electron chi connectivity index (χ2n) is 5.08. The van der Waals surface area contributed by atoms with E-state index in [2.05, 4.69) is 9.46 Å². The second-order valence-corrected chi connectivity index (χ2v) is 6.89. The van der Waals surface area contributed by atoms with Gasteiger partial charge in [-0.3, -0.25) is 4.79 Å². The Kier molecular flexibility index (Phi) is 6.87. The minimum Gasteiger partial charge on any atom is -0.469 e. The van der Waals surface area contributed by atoms with Crippen molar-refractivity contribution in [2.45, 2.75) is 50.7 Å². The molecule has 2 atom stereocenters. The SMILES string of the molecule is COC(=O)CCN(C)S(=O)(=O)NC1CCCCCC1O. The van der Waals surface area contributed by atoms with Gasteiger partial charge in [-0.1, -0.05) is 19.3 Å². The Morgan fingerprint density at radius 2 is 2.00 bits per heavy atom. The van der Waals surface area contributed by atoms with Gasteiger partial charge in [0.2, 0.25) is 0 Å². The number of carbonyl (C=O) groups is 1. The van der Waals surface area contributed by atoms with Crippen molar-refractivity contribution in [2.24, 2.45) is 0 Å². The largest absolute Gasteiger partial charge is 0.469 e. The zero-order chi connectivity index (χ0) is 15.2. The van der Waals surface area contributed by atoms with Gasteiger partial charge in [0.25, 0.3) is 10.2 Å². The number of hydrogen-bond acceptors (Lipinski definition) is 5. The molecule has 0 saturated heterocycles. The van der Waals surface area contributed by atoms with E-state index in [1.807, 2.05) is 0 Å². The van der Waals surface area contributed by atoms with Crippen LogP contribution in [0, 0.1) is 0 Å². The van der Waals surface area contributed by atoms with Crippen molar-refractivity contribution in [3.05, 3.63) is 0 Å². The molecule has 0 bridgehead atoms. The van der Waals surface area contributed by atoms with Crippen molar-refractivity contribution in [3.63, 3.8) is 0 Å². The molecule has 2 unspecified atom stereocenters. The number of rotatable bonds is 6. The predicted octanol–water partition coefficient (Wildman–Crippen LogP) is 0.00930. The molecule has 0 aliphatic heterocycles. The minimum atomic E-state index is -3.70. The summed E-state index contributed by atoms with van der Waals surface area (Å²) in [5.41, 5.74) is 0. The molecular formula is C12H24N2O5S. The van der Waals surface area contributed by atoms with Crippen molar-refractivity contribution in [3.8, 4) is 0 Å². The van der Waals surface area contributed by atoms with Crippen LogP contribution >= 0.6 is 0 Å². The fourth-order valence-electron chi connectivity index (χ4n) is 2.18. The van der Waals surface area contributed by atoms with Crippen molar-refractivity contribution >= 4 is 16.2 Å². The Hall–Kier alpha value is -0.700. The van der Waals surface area contributed by atoms with Gasteiger partial charge >= 0.3 is 5.97 Å². The summed E-state index contributed by atoms with van der Waals surface area (Å²) in [5.74, 6) is -0.457. The van der Waals surface area contributed by atoms with Crippen LogP contribution in [0.2, 0.25) is 0 Å². The van der Waals surface area contributed by atoms with Gasteiger partial charge in [-0.05, 0) is 12.8 Å². The van der Waals surface area contributed by atoms with Crippen LogP contribution in [0.1, 0.15) is 38.5 Å². The third kappa shape index (κ3) is 5.35. The minimum absolute atomic E-state index is 0.00112. The lowest BCUT2D eigenvalue weighted by molar-refractivity contribution is -0.140. The highest BCUT2D eigenvalue weighted by atomic mass is 32.2. The van der Waals surface area contributed by atoms with Gasteiger partial charge in [0, 0.05) is 19.6 Å². The van der Waals surface area contributed by atoms with Gasteiger partial charge in [0.1, 0.15) is 0 Å². The van der Waals surface area contributed by atoms with Gasteiger partial charge in [0.05, 0.1) is 19.6 Å². The lowest BCUT2D eigenvalue weighted by Gasteiger charge is -2.25. The number of ether oxygens (including phenoxy) is 1. The first-order chi connectivity index (χ1) is 9.36. The van der Waals surface area contributed by atoms with Crippen molar-refractivity contribution in [1.29, 1.82) is 0 Å². The number of hydrogen-bond donors (Lipinski definition) is 2. The molecule has 7 nitrogen and oxygen atoms in total. The van der Waals surface area contributed by atoms with E-state index in [1.165, 1.54) is 14.2 Å². The molecule has 0 aromatic rings. The normalized spacial score (nSPS) is 24.4. The third-order valence-corrected chi connectivity index (χ3v) is 5.15. The Labute approximate surface area is 120 Å². The summed E-state index contributed by atoms with van der Waals surface area (Å²) in [7, 11) is -1.04. The van der Waals surface area contributed by atoms with Gasteiger partial charge in [-0.25, -0.2) is 0 Å². The molecule has 0 aromatic heterocycles. The summed E-state index contributed by atoms with van der Waals surface area (Å²) in [6, 6.07) is -0.455. The topological polar surface area (TPSA) is 95.9 Å². The van der Waals surface area contributed by atoms with Crippen LogP contribution in [0.3, 0.4) is 0 Å². The number of methoxy groups -OCH3 is 1. The fraction of sp³-hybridized carbons (Fsp3) is 0.917. The molecule has 20 heavy (non-hydrogen) atoms. The monoisotopic (exact) mass is 308 g/mol. The van der Waals surface area contributed by atoms with E-state index in [4.69, 9.17) is 0 Å². The first-order valence-corrected chi connectivity index (χ1v) is 8.29. The Balaban J connectivity index is 2.56. The zero-order valence-electron chi connectivity index (χ0n) is 12.0. The fourth-order valence-corrected chi connectivity index (χ4v) is 3.35. The molecule has 1 aliphatic carbocycles. The average molecular weight is 308 g/mol. The van der Waals surface area contributed by atoms with Crippen LogP contribution in [0.5, 0.6) is 0 Å². The summed E-state index contributed by atoms with van der Waals surface area (Å²) in [6.07, 6.45) is 3.41. The molecule has 0 aromatic carbocycles. The highest BCUT2D eigenvalue weighted by Gasteiger charge is 2.28. The standard InChI is InChI=1S/C12H24N2O5S/c1-14(9-8-12(16)19-2)20(17,18)13-10-6-4-3-5-7-11(10)15/h10-11,13,15H,3-9H2,1-2H3. The van der Waals surface area contributed by atoms with Crippen LogP contribution in [-0.2, 0) is 19.7 Å². The maximum atomic E-state index is 12.1. The Morgan fingerprint density at radius 3 is 2.65 bits per heavy atom. The van der Waals surface area contributed by atoms with E-state index in [9.17, 15) is 18.3 Å². The molecule has 0 heterocycles. The van der Waals surface area contributed by atoms with E-state index in [0.29, 0.717) is 12.8 Å². The second kappa shape index (κ2) is 7.92. The first-order valence-electron chi connectivity index (χ1n) is 6.85. The third-order valence-electron chi connectivity index (χ3n) is 3.55. The molecule has 8 heteroatoms. The summed E-state index contributed by atoms with van der Waals surface area (Å²) >= 11 is 0. The maximum absolute atomic E-state index is 12.1. The smallest absolute Gasteiger partial charge is 0.306 e. The van der Waals surface area contributed by atoms with Gasteiger partial charge in [0.15, 0.2) is 0 Å². The van der Waals surface area contributed by atoms with Gasteiger partial charge < -0.3 is 9.84 Å². The van der Waals surface area contributed by atoms with E-state index in [-0.39, 0.29) is 13.0 Å². The van der Waals surface area contributed by atoms with E-state index in [0.717, 1.165) is 23.6 Å². The lowest BCUT2D eigenvalue weighted by Crippen LogP contribution is -2.48. The average Bonchev–Trinajstić information content (AvgIpc) is 2.60. The van der Waals surface area contributed by atoms with E-state index >= 15 is 0 Å². The number of nitrogens with zero attached hydrogens (tertiary/aromatic N) is 1. The molecule has 1 fully saturated rings. The number of esters is 1. The highest BCUT2D eigenvalue weighted by Crippen LogP contribution is 2.19. The molecule has 118 valence electrons. The number of aliphatic hydroxyl groups excluding tert-OH is 1. The van der Waals surface area contributed by atoms with Gasteiger partial charge in [-0.2, -0.15) is 17.4 Å². The summed E-state index contributed by atoms with van der Waals surface area (Å²) < 4.78 is 32.3. The molecule has 1 saturated carbocycles. The maximum Gasteiger partial charge on any atom is 0.306 e. The summed E-state index contributed by atoms with van der Waals surface area (Å²) in [5, 5.41) is 9.93. The molecule has 0 spiro atoms. The molecular weight excluding hydrogens is 284 g/mol. The van der Waals surface area contributed by atoms with Crippen LogP contribution in [-0.4, -0.2) is 56.6 Å². The molecule has 1 rings (SSSR count). The highest BCUT2D eigenvalue weighted by molar-refractivity contribution is 7.87. The quantitative estimate of drug-likeness (QED) is 0.532. The van der Waals surface area contributed by atoms with Crippen molar-refractivity contribution < 1.29 is 23.1 Å². The summed E-state index contributed by atoms with van der Waals surface area (Å²) in [4.78, 5) is 11.0.